The van der Waals surface area contributed by atoms with Gasteiger partial charge in [0.05, 0.1) is 0 Å². The Hall–Kier alpha value is -1.32. The van der Waals surface area contributed by atoms with Crippen molar-refractivity contribution in [1.29, 1.82) is 0 Å². The molecule has 1 aliphatic rings. The summed E-state index contributed by atoms with van der Waals surface area (Å²) >= 11 is 0. The average Bonchev–Trinajstić information content (AvgIpc) is 2.29. The van der Waals surface area contributed by atoms with Crippen LogP contribution in [0.1, 0.15) is 38.1 Å². The summed E-state index contributed by atoms with van der Waals surface area (Å²) in [6.45, 7) is 6.44. The first-order chi connectivity index (χ1) is 8.13. The van der Waals surface area contributed by atoms with E-state index in [0.29, 0.717) is 6.04 Å². The molecular weight excluding hydrogens is 212 g/mol. The third-order valence-corrected chi connectivity index (χ3v) is 3.46. The molecule has 0 unspecified atom stereocenters. The molecule has 0 spiro atoms. The lowest BCUT2D eigenvalue weighted by Gasteiger charge is -2.34. The zero-order valence-corrected chi connectivity index (χ0v) is 11.2. The number of nitrogens with one attached hydrogen (secondary N) is 2. The molecule has 1 saturated carbocycles. The van der Waals surface area contributed by atoms with Crippen LogP contribution in [0.3, 0.4) is 0 Å². The minimum absolute atomic E-state index is 0.591. The summed E-state index contributed by atoms with van der Waals surface area (Å²) in [6.07, 6.45) is 3.37. The molecule has 1 aromatic rings. The third kappa shape index (κ3) is 2.51. The summed E-state index contributed by atoms with van der Waals surface area (Å²) in [4.78, 5) is 9.06. The van der Waals surface area contributed by atoms with Crippen molar-refractivity contribution in [2.45, 2.75) is 46.1 Å². The van der Waals surface area contributed by atoms with E-state index in [1.165, 1.54) is 12.8 Å². The summed E-state index contributed by atoms with van der Waals surface area (Å²) in [5.41, 5.74) is 1.12. The zero-order valence-electron chi connectivity index (χ0n) is 11.2. The molecule has 94 valence electrons. The fraction of sp³-hybridized carbons (Fsp3) is 0.692. The second kappa shape index (κ2) is 4.90. The maximum Gasteiger partial charge on any atom is 0.134 e. The zero-order chi connectivity index (χ0) is 12.4. The number of hydrogen-bond acceptors (Lipinski definition) is 4. The summed E-state index contributed by atoms with van der Waals surface area (Å²) in [5.74, 6) is 3.68. The molecule has 2 N–H and O–H groups in total. The van der Waals surface area contributed by atoms with E-state index in [4.69, 9.17) is 0 Å². The Bertz CT molecular complexity index is 397. The Balaban J connectivity index is 2.19. The Labute approximate surface area is 103 Å². The lowest BCUT2D eigenvalue weighted by Crippen LogP contribution is -2.34. The van der Waals surface area contributed by atoms with E-state index in [9.17, 15) is 0 Å². The van der Waals surface area contributed by atoms with E-state index in [1.54, 1.807) is 0 Å². The monoisotopic (exact) mass is 234 g/mol. The standard InChI is InChI=1S/C13H22N4/c1-5-11-16-12(14-4)9(3)13(17-11)15-10-6-8(2)7-10/h8,10H,5-7H2,1-4H3,(H2,14,15,16,17). The van der Waals surface area contributed by atoms with Crippen LogP contribution in [0.5, 0.6) is 0 Å². The highest BCUT2D eigenvalue weighted by Gasteiger charge is 2.26. The predicted molar refractivity (Wildman–Crippen MR) is 71.5 cm³/mol. The molecule has 1 aromatic heterocycles. The molecule has 0 saturated heterocycles. The molecular formula is C13H22N4. The number of aromatic nitrogens is 2. The van der Waals surface area contributed by atoms with Crippen molar-refractivity contribution in [1.82, 2.24) is 9.97 Å². The van der Waals surface area contributed by atoms with Crippen molar-refractivity contribution >= 4 is 11.6 Å². The van der Waals surface area contributed by atoms with Gasteiger partial charge in [0.2, 0.25) is 0 Å². The van der Waals surface area contributed by atoms with Gasteiger partial charge in [-0.2, -0.15) is 0 Å². The van der Waals surface area contributed by atoms with Gasteiger partial charge in [0.25, 0.3) is 0 Å². The van der Waals surface area contributed by atoms with Crippen LogP contribution in [-0.2, 0) is 6.42 Å². The first-order valence-electron chi connectivity index (χ1n) is 6.45. The third-order valence-electron chi connectivity index (χ3n) is 3.46. The van der Waals surface area contributed by atoms with Gasteiger partial charge in [-0.25, -0.2) is 9.97 Å². The number of hydrogen-bond donors (Lipinski definition) is 2. The van der Waals surface area contributed by atoms with Gasteiger partial charge in [0.1, 0.15) is 17.5 Å². The molecule has 2 rings (SSSR count). The number of nitrogens with zero attached hydrogens (tertiary/aromatic N) is 2. The SMILES string of the molecule is CCc1nc(NC)c(C)c(NC2CC(C)C2)n1. The Morgan fingerprint density at radius 1 is 1.24 bits per heavy atom. The maximum atomic E-state index is 4.58. The van der Waals surface area contributed by atoms with E-state index in [0.717, 1.165) is 35.4 Å². The van der Waals surface area contributed by atoms with Crippen molar-refractivity contribution in [3.8, 4) is 0 Å². The lowest BCUT2D eigenvalue weighted by atomic mass is 9.82. The van der Waals surface area contributed by atoms with Crippen molar-refractivity contribution in [3.63, 3.8) is 0 Å². The van der Waals surface area contributed by atoms with Gasteiger partial charge in [0.15, 0.2) is 0 Å². The van der Waals surface area contributed by atoms with Gasteiger partial charge < -0.3 is 10.6 Å². The molecule has 1 heterocycles. The van der Waals surface area contributed by atoms with Crippen molar-refractivity contribution < 1.29 is 0 Å². The second-order valence-corrected chi connectivity index (χ2v) is 4.98. The van der Waals surface area contributed by atoms with Crippen LogP contribution in [0, 0.1) is 12.8 Å². The highest BCUT2D eigenvalue weighted by molar-refractivity contribution is 5.57. The predicted octanol–water partition coefficient (Wildman–Crippen LogP) is 2.60. The molecule has 0 bridgehead atoms. The summed E-state index contributed by atoms with van der Waals surface area (Å²) < 4.78 is 0. The van der Waals surface area contributed by atoms with Crippen LogP contribution < -0.4 is 10.6 Å². The Morgan fingerprint density at radius 2 is 1.88 bits per heavy atom. The number of aryl methyl sites for hydroxylation is 1. The minimum atomic E-state index is 0.591. The summed E-state index contributed by atoms with van der Waals surface area (Å²) in [6, 6.07) is 0.591. The molecule has 0 atom stereocenters. The van der Waals surface area contributed by atoms with Gasteiger partial charge >= 0.3 is 0 Å². The van der Waals surface area contributed by atoms with Crippen molar-refractivity contribution in [2.24, 2.45) is 5.92 Å². The molecule has 4 heteroatoms. The van der Waals surface area contributed by atoms with Gasteiger partial charge in [-0.3, -0.25) is 0 Å². The van der Waals surface area contributed by atoms with Crippen LogP contribution >= 0.6 is 0 Å². The molecule has 0 aromatic carbocycles. The molecule has 0 amide bonds. The van der Waals surface area contributed by atoms with E-state index >= 15 is 0 Å². The normalized spacial score (nSPS) is 23.1. The highest BCUT2D eigenvalue weighted by Crippen LogP contribution is 2.30. The second-order valence-electron chi connectivity index (χ2n) is 4.98. The van der Waals surface area contributed by atoms with Crippen LogP contribution in [0.2, 0.25) is 0 Å². The molecule has 4 nitrogen and oxygen atoms in total. The van der Waals surface area contributed by atoms with Gasteiger partial charge in [0, 0.05) is 25.1 Å². The molecule has 0 aliphatic heterocycles. The van der Waals surface area contributed by atoms with Gasteiger partial charge in [-0.1, -0.05) is 13.8 Å². The Kier molecular flexibility index (Phi) is 3.50. The first kappa shape index (κ1) is 12.1. The first-order valence-corrected chi connectivity index (χ1v) is 6.45. The van der Waals surface area contributed by atoms with Crippen LogP contribution in [0.25, 0.3) is 0 Å². The fourth-order valence-electron chi connectivity index (χ4n) is 2.32. The number of anilines is 2. The topological polar surface area (TPSA) is 49.8 Å². The molecule has 17 heavy (non-hydrogen) atoms. The van der Waals surface area contributed by atoms with E-state index < -0.39 is 0 Å². The van der Waals surface area contributed by atoms with Crippen molar-refractivity contribution in [2.75, 3.05) is 17.7 Å². The van der Waals surface area contributed by atoms with E-state index in [2.05, 4.69) is 41.4 Å². The molecule has 0 radical (unpaired) electrons. The van der Waals surface area contributed by atoms with E-state index in [-0.39, 0.29) is 0 Å². The quantitative estimate of drug-likeness (QED) is 0.840. The summed E-state index contributed by atoms with van der Waals surface area (Å²) in [5, 5.41) is 6.67. The molecule has 1 aliphatic carbocycles. The highest BCUT2D eigenvalue weighted by atomic mass is 15.1. The Morgan fingerprint density at radius 3 is 2.41 bits per heavy atom. The van der Waals surface area contributed by atoms with E-state index in [1.807, 2.05) is 7.05 Å². The average molecular weight is 234 g/mol. The molecule has 1 fully saturated rings. The van der Waals surface area contributed by atoms with Gasteiger partial charge in [-0.05, 0) is 25.7 Å². The summed E-state index contributed by atoms with van der Waals surface area (Å²) in [7, 11) is 1.91. The maximum absolute atomic E-state index is 4.58. The minimum Gasteiger partial charge on any atom is -0.373 e. The van der Waals surface area contributed by atoms with Gasteiger partial charge in [-0.15, -0.1) is 0 Å². The number of rotatable bonds is 4. The van der Waals surface area contributed by atoms with Crippen molar-refractivity contribution in [3.05, 3.63) is 11.4 Å². The van der Waals surface area contributed by atoms with Crippen LogP contribution in [0.15, 0.2) is 0 Å². The fourth-order valence-corrected chi connectivity index (χ4v) is 2.32. The smallest absolute Gasteiger partial charge is 0.134 e. The van der Waals surface area contributed by atoms with Crippen LogP contribution in [0.4, 0.5) is 11.6 Å². The largest absolute Gasteiger partial charge is 0.373 e. The lowest BCUT2D eigenvalue weighted by molar-refractivity contribution is 0.308. The van der Waals surface area contributed by atoms with Crippen LogP contribution in [-0.4, -0.2) is 23.1 Å².